The number of aromatic nitrogens is 2. The highest BCUT2D eigenvalue weighted by Gasteiger charge is 2.68. The van der Waals surface area contributed by atoms with Crippen LogP contribution in [0, 0.1) is 5.41 Å². The van der Waals surface area contributed by atoms with Gasteiger partial charge in [0.05, 0.1) is 25.2 Å². The Balaban J connectivity index is 1.32. The van der Waals surface area contributed by atoms with Crippen molar-refractivity contribution in [2.24, 2.45) is 10.4 Å². The number of hydrogen-bond donors (Lipinski definition) is 0. The first-order valence-electron chi connectivity index (χ1n) is 7.32. The summed E-state index contributed by atoms with van der Waals surface area (Å²) in [4.78, 5) is 4.24. The lowest BCUT2D eigenvalue weighted by molar-refractivity contribution is -0.140. The molecule has 0 aromatic carbocycles. The molecule has 1 aliphatic heterocycles. The summed E-state index contributed by atoms with van der Waals surface area (Å²) in [6.07, 6.45) is 7.24. The van der Waals surface area contributed by atoms with Gasteiger partial charge < -0.3 is 13.9 Å². The maximum atomic E-state index is 5.78. The highest BCUT2D eigenvalue weighted by atomic mass is 16.5. The van der Waals surface area contributed by atoms with E-state index in [0.717, 1.165) is 5.89 Å². The van der Waals surface area contributed by atoms with Gasteiger partial charge in [-0.2, -0.15) is 0 Å². The van der Waals surface area contributed by atoms with E-state index in [2.05, 4.69) is 22.1 Å². The maximum absolute atomic E-state index is 5.78. The van der Waals surface area contributed by atoms with Crippen LogP contribution in [0.5, 0.6) is 0 Å². The molecule has 21 heavy (non-hydrogen) atoms. The van der Waals surface area contributed by atoms with Gasteiger partial charge in [0, 0.05) is 0 Å². The molecule has 0 radical (unpaired) electrons. The van der Waals surface area contributed by atoms with Gasteiger partial charge in [-0.25, -0.2) is 4.99 Å². The first-order chi connectivity index (χ1) is 10.1. The lowest BCUT2D eigenvalue weighted by Gasteiger charge is -2.67. The van der Waals surface area contributed by atoms with Crippen LogP contribution in [0.4, 0.5) is 0 Å². The van der Waals surface area contributed by atoms with Gasteiger partial charge in [-0.15, -0.1) is 10.2 Å². The number of hydrogen-bond acceptors (Lipinski definition) is 6. The standard InChI is InChI=1S/C15H19N3O3/c1-14-7-15(8-14,9-14)13-18-17-12(21-13)6-20-10-3-4-11(19-2)16-5-10/h3-4,10H,5-9H2,1-2H3. The van der Waals surface area contributed by atoms with Crippen molar-refractivity contribution in [2.75, 3.05) is 13.7 Å². The molecule has 1 unspecified atom stereocenters. The Morgan fingerprint density at radius 3 is 2.76 bits per heavy atom. The summed E-state index contributed by atoms with van der Waals surface area (Å²) in [7, 11) is 1.61. The van der Waals surface area contributed by atoms with Crippen LogP contribution >= 0.6 is 0 Å². The molecule has 2 heterocycles. The summed E-state index contributed by atoms with van der Waals surface area (Å²) in [5, 5.41) is 8.31. The van der Waals surface area contributed by atoms with Gasteiger partial charge in [0.1, 0.15) is 6.61 Å². The van der Waals surface area contributed by atoms with Gasteiger partial charge in [0.15, 0.2) is 0 Å². The van der Waals surface area contributed by atoms with E-state index in [-0.39, 0.29) is 11.5 Å². The number of rotatable bonds is 4. The Labute approximate surface area is 123 Å². The number of ether oxygens (including phenoxy) is 2. The molecule has 3 aliphatic carbocycles. The van der Waals surface area contributed by atoms with Gasteiger partial charge in [0.25, 0.3) is 0 Å². The van der Waals surface area contributed by atoms with Crippen LogP contribution < -0.4 is 0 Å². The zero-order valence-corrected chi connectivity index (χ0v) is 12.3. The van der Waals surface area contributed by atoms with Gasteiger partial charge >= 0.3 is 0 Å². The molecular formula is C15H19N3O3. The molecule has 6 nitrogen and oxygen atoms in total. The zero-order chi connectivity index (χ0) is 14.5. The minimum absolute atomic E-state index is 0.0619. The van der Waals surface area contributed by atoms with Crippen LogP contribution in [-0.2, 0) is 21.5 Å². The van der Waals surface area contributed by atoms with Crippen molar-refractivity contribution in [2.45, 2.75) is 44.3 Å². The minimum atomic E-state index is -0.0619. The van der Waals surface area contributed by atoms with E-state index >= 15 is 0 Å². The summed E-state index contributed by atoms with van der Waals surface area (Å²) in [5.41, 5.74) is 0.720. The molecule has 1 aromatic heterocycles. The molecule has 3 fully saturated rings. The fraction of sp³-hybridized carbons (Fsp3) is 0.667. The SMILES string of the molecule is COC1=NCC(OCc2nnc(C34CC(C)(C3)C4)o2)C=C1. The van der Waals surface area contributed by atoms with Crippen LogP contribution in [0.3, 0.4) is 0 Å². The fourth-order valence-electron chi connectivity index (χ4n) is 3.95. The van der Waals surface area contributed by atoms with Gasteiger partial charge in [-0.1, -0.05) is 6.92 Å². The summed E-state index contributed by atoms with van der Waals surface area (Å²) in [5.74, 6) is 1.98. The van der Waals surface area contributed by atoms with E-state index in [1.165, 1.54) is 19.3 Å². The van der Waals surface area contributed by atoms with E-state index in [0.29, 0.717) is 30.4 Å². The molecule has 2 bridgehead atoms. The van der Waals surface area contributed by atoms with E-state index in [4.69, 9.17) is 13.9 Å². The van der Waals surface area contributed by atoms with Crippen LogP contribution in [-0.4, -0.2) is 35.9 Å². The molecule has 6 heteroatoms. The molecule has 1 atom stereocenters. The Kier molecular flexibility index (Phi) is 2.73. The first-order valence-corrected chi connectivity index (χ1v) is 7.32. The summed E-state index contributed by atoms with van der Waals surface area (Å²) >= 11 is 0. The second kappa shape index (κ2) is 4.40. The van der Waals surface area contributed by atoms with Gasteiger partial charge in [0.2, 0.25) is 17.7 Å². The summed E-state index contributed by atoms with van der Waals surface area (Å²) < 4.78 is 16.5. The molecule has 1 aromatic rings. The van der Waals surface area contributed by atoms with Crippen molar-refractivity contribution in [3.63, 3.8) is 0 Å². The van der Waals surface area contributed by atoms with Crippen molar-refractivity contribution >= 4 is 5.90 Å². The topological polar surface area (TPSA) is 69.7 Å². The average Bonchev–Trinajstić information content (AvgIpc) is 2.90. The lowest BCUT2D eigenvalue weighted by Crippen LogP contribution is -2.63. The molecule has 3 saturated carbocycles. The Hall–Kier alpha value is -1.69. The molecule has 0 saturated heterocycles. The fourth-order valence-corrected chi connectivity index (χ4v) is 3.95. The molecule has 112 valence electrons. The predicted octanol–water partition coefficient (Wildman–Crippen LogP) is 2.01. The van der Waals surface area contributed by atoms with Crippen molar-refractivity contribution in [1.29, 1.82) is 0 Å². The lowest BCUT2D eigenvalue weighted by atomic mass is 9.36. The number of dihydropyridines is 1. The molecule has 5 rings (SSSR count). The maximum Gasteiger partial charge on any atom is 0.242 e. The van der Waals surface area contributed by atoms with E-state index in [1.54, 1.807) is 7.11 Å². The molecule has 0 N–H and O–H groups in total. The van der Waals surface area contributed by atoms with Gasteiger partial charge in [-0.3, -0.25) is 0 Å². The van der Waals surface area contributed by atoms with Crippen molar-refractivity contribution in [3.05, 3.63) is 23.9 Å². The normalized spacial score (nSPS) is 36.7. The molecule has 0 amide bonds. The van der Waals surface area contributed by atoms with Crippen LogP contribution in [0.25, 0.3) is 0 Å². The number of nitrogens with zero attached hydrogens (tertiary/aromatic N) is 3. The Morgan fingerprint density at radius 2 is 2.14 bits per heavy atom. The summed E-state index contributed by atoms with van der Waals surface area (Å²) in [6, 6.07) is 0. The largest absolute Gasteiger partial charge is 0.481 e. The molecule has 4 aliphatic rings. The van der Waals surface area contributed by atoms with E-state index in [1.807, 2.05) is 12.2 Å². The smallest absolute Gasteiger partial charge is 0.242 e. The Bertz CT molecular complexity index is 600. The third-order valence-corrected chi connectivity index (χ3v) is 4.73. The van der Waals surface area contributed by atoms with E-state index in [9.17, 15) is 0 Å². The van der Waals surface area contributed by atoms with Crippen molar-refractivity contribution in [1.82, 2.24) is 10.2 Å². The predicted molar refractivity (Wildman–Crippen MR) is 75.0 cm³/mol. The molecule has 0 spiro atoms. The third-order valence-electron chi connectivity index (χ3n) is 4.73. The highest BCUT2D eigenvalue weighted by molar-refractivity contribution is 5.88. The monoisotopic (exact) mass is 289 g/mol. The third kappa shape index (κ3) is 2.09. The quantitative estimate of drug-likeness (QED) is 0.848. The second-order valence-electron chi connectivity index (χ2n) is 6.71. The average molecular weight is 289 g/mol. The van der Waals surface area contributed by atoms with Crippen LogP contribution in [0.2, 0.25) is 0 Å². The van der Waals surface area contributed by atoms with Crippen LogP contribution in [0.1, 0.15) is 38.0 Å². The van der Waals surface area contributed by atoms with Crippen molar-refractivity contribution in [3.8, 4) is 0 Å². The molecular weight excluding hydrogens is 270 g/mol. The number of aliphatic imine (C=N–C) groups is 1. The van der Waals surface area contributed by atoms with Crippen LogP contribution in [0.15, 0.2) is 21.6 Å². The Morgan fingerprint density at radius 1 is 1.33 bits per heavy atom. The zero-order valence-electron chi connectivity index (χ0n) is 12.3. The first kappa shape index (κ1) is 13.0. The minimum Gasteiger partial charge on any atom is -0.481 e. The number of methoxy groups -OCH3 is 1. The van der Waals surface area contributed by atoms with Gasteiger partial charge in [-0.05, 0) is 36.8 Å². The second-order valence-corrected chi connectivity index (χ2v) is 6.71. The van der Waals surface area contributed by atoms with E-state index < -0.39 is 0 Å². The summed E-state index contributed by atoms with van der Waals surface area (Å²) in [6.45, 7) is 3.20. The van der Waals surface area contributed by atoms with Crippen molar-refractivity contribution < 1.29 is 13.9 Å². The highest BCUT2D eigenvalue weighted by Crippen LogP contribution is 2.73.